The molecule has 2 rings (SSSR count). The predicted molar refractivity (Wildman–Crippen MR) is 74.7 cm³/mol. The third-order valence-electron chi connectivity index (χ3n) is 3.67. The van der Waals surface area contributed by atoms with Gasteiger partial charge in [0.25, 0.3) is 6.29 Å². The molecule has 1 saturated heterocycles. The van der Waals surface area contributed by atoms with Gasteiger partial charge < -0.3 is 0 Å². The number of benzene rings is 1. The molecule has 1 aromatic carbocycles. The van der Waals surface area contributed by atoms with E-state index in [0.29, 0.717) is 17.8 Å². The topological polar surface area (TPSA) is 27.7 Å². The van der Waals surface area contributed by atoms with Crippen molar-refractivity contribution in [3.05, 3.63) is 34.4 Å². The van der Waals surface area contributed by atoms with Gasteiger partial charge in [-0.1, -0.05) is 58.7 Å². The summed E-state index contributed by atoms with van der Waals surface area (Å²) < 4.78 is 0. The van der Waals surface area contributed by atoms with Crippen LogP contribution in [0.15, 0.2) is 12.1 Å². The number of hydrogen-bond acceptors (Lipinski definition) is 3. The molecule has 1 aromatic rings. The second-order valence-electron chi connectivity index (χ2n) is 6.17. The molecule has 0 aliphatic carbocycles. The molecule has 106 valence electrons. The highest BCUT2D eigenvalue weighted by Gasteiger charge is 2.32. The average molecular weight is 264 g/mol. The zero-order valence-electron chi connectivity index (χ0n) is 12.7. The van der Waals surface area contributed by atoms with Crippen LogP contribution in [0.5, 0.6) is 0 Å². The van der Waals surface area contributed by atoms with Gasteiger partial charge in [-0.25, -0.2) is 0 Å². The lowest BCUT2D eigenvalue weighted by molar-refractivity contribution is -0.698. The molecule has 19 heavy (non-hydrogen) atoms. The van der Waals surface area contributed by atoms with Gasteiger partial charge in [-0.3, -0.25) is 0 Å². The fourth-order valence-corrected chi connectivity index (χ4v) is 2.46. The smallest absolute Gasteiger partial charge is 0.165 e. The van der Waals surface area contributed by atoms with E-state index in [1.54, 1.807) is 0 Å². The van der Waals surface area contributed by atoms with Crippen molar-refractivity contribution in [2.45, 2.75) is 65.6 Å². The Bertz CT molecular complexity index is 416. The fourth-order valence-electron chi connectivity index (χ4n) is 2.46. The summed E-state index contributed by atoms with van der Waals surface area (Å²) in [6.45, 7) is 13.3. The molecule has 3 heteroatoms. The van der Waals surface area contributed by atoms with E-state index >= 15 is 0 Å². The minimum absolute atomic E-state index is 0.379. The zero-order chi connectivity index (χ0) is 14.2. The van der Waals surface area contributed by atoms with Crippen LogP contribution in [-0.2, 0) is 14.8 Å². The van der Waals surface area contributed by atoms with E-state index < -0.39 is 0 Å². The SMILES string of the molecule is CC(C)c1cc(C(C)C)c(C2OOO2)c(C(C)C)c1. The van der Waals surface area contributed by atoms with Gasteiger partial charge in [-0.05, 0) is 34.4 Å². The van der Waals surface area contributed by atoms with Gasteiger partial charge in [0.1, 0.15) is 0 Å². The summed E-state index contributed by atoms with van der Waals surface area (Å²) in [6.07, 6.45) is -0.379. The van der Waals surface area contributed by atoms with Crippen LogP contribution in [-0.4, -0.2) is 0 Å². The van der Waals surface area contributed by atoms with Crippen molar-refractivity contribution in [3.63, 3.8) is 0 Å². The Morgan fingerprint density at radius 2 is 1.26 bits per heavy atom. The van der Waals surface area contributed by atoms with E-state index in [1.807, 2.05) is 0 Å². The van der Waals surface area contributed by atoms with E-state index in [2.05, 4.69) is 58.7 Å². The standard InChI is InChI=1S/C16H24O3/c1-9(2)12-7-13(10(3)4)15(16-17-19-18-16)14(8-12)11(5)6/h7-11,16H,1-6H3. The first-order valence-electron chi connectivity index (χ1n) is 7.08. The Balaban J connectivity index is 2.59. The van der Waals surface area contributed by atoms with E-state index in [-0.39, 0.29) is 6.29 Å². The maximum Gasteiger partial charge on any atom is 0.256 e. The minimum atomic E-state index is -0.379. The average Bonchev–Trinajstić information content (AvgIpc) is 2.25. The van der Waals surface area contributed by atoms with Crippen LogP contribution in [0.25, 0.3) is 0 Å². The molecular formula is C16H24O3. The molecule has 0 N–H and O–H groups in total. The summed E-state index contributed by atoms with van der Waals surface area (Å²) in [5.74, 6) is 1.38. The summed E-state index contributed by atoms with van der Waals surface area (Å²) in [5, 5.41) is 4.44. The van der Waals surface area contributed by atoms with Crippen LogP contribution in [0.1, 0.15) is 87.8 Å². The van der Waals surface area contributed by atoms with Crippen molar-refractivity contribution >= 4 is 0 Å². The first-order chi connectivity index (χ1) is 8.91. The number of rotatable bonds is 4. The van der Waals surface area contributed by atoms with E-state index in [0.717, 1.165) is 5.56 Å². The first-order valence-corrected chi connectivity index (χ1v) is 7.08. The van der Waals surface area contributed by atoms with Crippen LogP contribution in [0.4, 0.5) is 0 Å². The van der Waals surface area contributed by atoms with Crippen molar-refractivity contribution in [2.24, 2.45) is 0 Å². The summed E-state index contributed by atoms with van der Waals surface area (Å²) in [4.78, 5) is 10.2. The molecule has 0 amide bonds. The summed E-state index contributed by atoms with van der Waals surface area (Å²) in [6, 6.07) is 4.56. The Morgan fingerprint density at radius 3 is 1.53 bits per heavy atom. The normalized spacial score (nSPS) is 16.5. The second-order valence-corrected chi connectivity index (χ2v) is 6.17. The molecule has 0 unspecified atom stereocenters. The van der Waals surface area contributed by atoms with Crippen LogP contribution < -0.4 is 0 Å². The Hall–Kier alpha value is -0.900. The molecule has 1 heterocycles. The second kappa shape index (κ2) is 5.61. The lowest BCUT2D eigenvalue weighted by Crippen LogP contribution is -2.23. The van der Waals surface area contributed by atoms with E-state index in [1.165, 1.54) is 16.7 Å². The third-order valence-corrected chi connectivity index (χ3v) is 3.67. The quantitative estimate of drug-likeness (QED) is 0.720. The monoisotopic (exact) mass is 264 g/mol. The minimum Gasteiger partial charge on any atom is -0.165 e. The number of hydrogen-bond donors (Lipinski definition) is 0. The fraction of sp³-hybridized carbons (Fsp3) is 0.625. The van der Waals surface area contributed by atoms with Gasteiger partial charge in [0.05, 0.1) is 0 Å². The first kappa shape index (κ1) is 14.5. The maximum atomic E-state index is 5.08. The Labute approximate surface area is 115 Å². The Kier molecular flexibility index (Phi) is 4.29. The summed E-state index contributed by atoms with van der Waals surface area (Å²) in [5.41, 5.74) is 5.10. The maximum absolute atomic E-state index is 5.08. The molecule has 3 nitrogen and oxygen atoms in total. The van der Waals surface area contributed by atoms with Gasteiger partial charge in [0, 0.05) is 5.56 Å². The van der Waals surface area contributed by atoms with Crippen molar-refractivity contribution in [1.82, 2.24) is 0 Å². The van der Waals surface area contributed by atoms with Gasteiger partial charge in [-0.15, -0.1) is 0 Å². The van der Waals surface area contributed by atoms with Gasteiger partial charge in [0.2, 0.25) is 0 Å². The van der Waals surface area contributed by atoms with Crippen LogP contribution in [0.3, 0.4) is 0 Å². The summed E-state index contributed by atoms with van der Waals surface area (Å²) in [7, 11) is 0. The molecule has 0 bridgehead atoms. The third kappa shape index (κ3) is 2.83. The van der Waals surface area contributed by atoms with Crippen LogP contribution in [0, 0.1) is 0 Å². The molecule has 0 atom stereocenters. The van der Waals surface area contributed by atoms with Gasteiger partial charge in [0.15, 0.2) is 0 Å². The predicted octanol–water partition coefficient (Wildman–Crippen LogP) is 4.95. The molecule has 1 aliphatic rings. The van der Waals surface area contributed by atoms with Crippen molar-refractivity contribution in [3.8, 4) is 0 Å². The van der Waals surface area contributed by atoms with E-state index in [9.17, 15) is 0 Å². The van der Waals surface area contributed by atoms with Gasteiger partial charge in [-0.2, -0.15) is 9.78 Å². The molecule has 0 spiro atoms. The zero-order valence-corrected chi connectivity index (χ0v) is 12.7. The van der Waals surface area contributed by atoms with Crippen molar-refractivity contribution in [1.29, 1.82) is 0 Å². The molecular weight excluding hydrogens is 240 g/mol. The summed E-state index contributed by atoms with van der Waals surface area (Å²) >= 11 is 0. The van der Waals surface area contributed by atoms with Crippen LogP contribution >= 0.6 is 0 Å². The Morgan fingerprint density at radius 1 is 0.789 bits per heavy atom. The van der Waals surface area contributed by atoms with Crippen molar-refractivity contribution < 1.29 is 14.8 Å². The van der Waals surface area contributed by atoms with Crippen LogP contribution in [0.2, 0.25) is 0 Å². The highest BCUT2D eigenvalue weighted by Crippen LogP contribution is 2.40. The lowest BCUT2D eigenvalue weighted by atomic mass is 9.84. The molecule has 0 saturated carbocycles. The van der Waals surface area contributed by atoms with Crippen molar-refractivity contribution in [2.75, 3.05) is 0 Å². The molecule has 1 aliphatic heterocycles. The lowest BCUT2D eigenvalue weighted by Gasteiger charge is -2.30. The van der Waals surface area contributed by atoms with Gasteiger partial charge >= 0.3 is 0 Å². The highest BCUT2D eigenvalue weighted by molar-refractivity contribution is 5.44. The highest BCUT2D eigenvalue weighted by atomic mass is 17.6. The molecule has 0 radical (unpaired) electrons. The molecule has 1 fully saturated rings. The van der Waals surface area contributed by atoms with E-state index in [4.69, 9.17) is 9.78 Å². The molecule has 0 aromatic heterocycles. The largest absolute Gasteiger partial charge is 0.256 e.